The minimum atomic E-state index is -1.57. The van der Waals surface area contributed by atoms with Crippen LogP contribution in [0.15, 0.2) is 12.1 Å². The van der Waals surface area contributed by atoms with Crippen LogP contribution < -0.4 is 10.6 Å². The molecule has 4 N–H and O–H groups in total. The van der Waals surface area contributed by atoms with Crippen molar-refractivity contribution in [3.63, 3.8) is 0 Å². The van der Waals surface area contributed by atoms with Crippen LogP contribution in [0.2, 0.25) is 0 Å². The number of aliphatic hydroxyl groups is 2. The zero-order valence-electron chi connectivity index (χ0n) is 18.3. The Bertz CT molecular complexity index is 689. The van der Waals surface area contributed by atoms with Crippen LogP contribution in [0.1, 0.15) is 63.6 Å². The molecule has 1 unspecified atom stereocenters. The fourth-order valence-electron chi connectivity index (χ4n) is 4.20. The van der Waals surface area contributed by atoms with Crippen LogP contribution in [0.3, 0.4) is 0 Å². The first-order valence-electron chi connectivity index (χ1n) is 11.4. The van der Waals surface area contributed by atoms with E-state index in [1.165, 1.54) is 12.0 Å². The van der Waals surface area contributed by atoms with Gasteiger partial charge in [0.1, 0.15) is 5.82 Å². The van der Waals surface area contributed by atoms with Gasteiger partial charge in [-0.2, -0.15) is 0 Å². The van der Waals surface area contributed by atoms with Crippen molar-refractivity contribution in [2.24, 2.45) is 11.8 Å². The van der Waals surface area contributed by atoms with Gasteiger partial charge in [0.05, 0.1) is 12.1 Å². The highest BCUT2D eigenvalue weighted by Crippen LogP contribution is 2.34. The number of hydrogen-bond acceptors (Lipinski definition) is 6. The number of rotatable bonds is 11. The molecule has 0 saturated heterocycles. The third kappa shape index (κ3) is 6.93. The number of pyridine rings is 1. The molecule has 1 aromatic rings. The van der Waals surface area contributed by atoms with Crippen LogP contribution >= 0.6 is 0 Å². The summed E-state index contributed by atoms with van der Waals surface area (Å²) >= 11 is 0. The lowest BCUT2D eigenvalue weighted by atomic mass is 9.79. The highest BCUT2D eigenvalue weighted by Gasteiger charge is 2.30. The quantitative estimate of drug-likeness (QED) is 0.411. The Kier molecular flexibility index (Phi) is 8.48. The van der Waals surface area contributed by atoms with Gasteiger partial charge in [0.25, 0.3) is 0 Å². The number of nitrogens with one attached hydrogen (secondary N) is 2. The van der Waals surface area contributed by atoms with E-state index >= 15 is 0 Å². The van der Waals surface area contributed by atoms with Gasteiger partial charge in [0.2, 0.25) is 5.91 Å². The summed E-state index contributed by atoms with van der Waals surface area (Å²) in [6, 6.07) is 3.69. The average molecular weight is 420 g/mol. The molecule has 3 rings (SSSR count). The van der Waals surface area contributed by atoms with Crippen molar-refractivity contribution < 1.29 is 19.7 Å². The molecule has 1 amide bonds. The van der Waals surface area contributed by atoms with Gasteiger partial charge in [-0.1, -0.05) is 19.9 Å². The number of anilines is 1. The van der Waals surface area contributed by atoms with E-state index in [2.05, 4.69) is 22.8 Å². The van der Waals surface area contributed by atoms with E-state index < -0.39 is 12.3 Å². The van der Waals surface area contributed by atoms with Crippen molar-refractivity contribution in [3.05, 3.63) is 23.4 Å². The molecule has 0 aromatic carbocycles. The molecule has 0 radical (unpaired) electrons. The SMILES string of the molecule is CC(C)CC(=O)NC(CCOC1CC(CCc2ccc3c(n2)NCCC3)C1)C(O)O. The van der Waals surface area contributed by atoms with Crippen molar-refractivity contribution in [1.82, 2.24) is 10.3 Å². The number of ether oxygens (including phenoxy) is 1. The van der Waals surface area contributed by atoms with Crippen LogP contribution in [0.5, 0.6) is 0 Å². The second kappa shape index (κ2) is 11.1. The molecule has 30 heavy (non-hydrogen) atoms. The molecule has 1 fully saturated rings. The molecule has 0 bridgehead atoms. The summed E-state index contributed by atoms with van der Waals surface area (Å²) in [5.41, 5.74) is 2.48. The van der Waals surface area contributed by atoms with Gasteiger partial charge in [0, 0.05) is 25.3 Å². The fourth-order valence-corrected chi connectivity index (χ4v) is 4.20. The molecule has 1 atom stereocenters. The van der Waals surface area contributed by atoms with E-state index in [0.717, 1.165) is 50.2 Å². The van der Waals surface area contributed by atoms with Gasteiger partial charge < -0.3 is 25.6 Å². The standard InChI is InChI=1S/C23H37N3O4/c1-15(2)12-21(27)26-20(23(28)29)9-11-30-19-13-16(14-19)5-7-18-8-6-17-4-3-10-24-22(17)25-18/h6,8,15-16,19-20,23,28-29H,3-5,7,9-14H2,1-2H3,(H,24,25)(H,26,27). The number of carbonyl (C=O) groups is 1. The molecule has 1 aromatic heterocycles. The summed E-state index contributed by atoms with van der Waals surface area (Å²) in [5, 5.41) is 25.1. The van der Waals surface area contributed by atoms with Crippen LogP contribution in [0.25, 0.3) is 0 Å². The Morgan fingerprint density at radius 3 is 2.87 bits per heavy atom. The van der Waals surface area contributed by atoms with Gasteiger partial charge in [-0.3, -0.25) is 4.79 Å². The normalized spacial score (nSPS) is 21.7. The summed E-state index contributed by atoms with van der Waals surface area (Å²) in [6.07, 6.45) is 5.92. The molecule has 7 nitrogen and oxygen atoms in total. The highest BCUT2D eigenvalue weighted by molar-refractivity contribution is 5.76. The predicted molar refractivity (Wildman–Crippen MR) is 116 cm³/mol. The summed E-state index contributed by atoms with van der Waals surface area (Å²) in [5.74, 6) is 1.80. The zero-order valence-corrected chi connectivity index (χ0v) is 18.3. The number of fused-ring (bicyclic) bond motifs is 1. The minimum absolute atomic E-state index is 0.155. The maximum atomic E-state index is 11.9. The average Bonchev–Trinajstić information content (AvgIpc) is 2.67. The lowest BCUT2D eigenvalue weighted by Crippen LogP contribution is -2.44. The van der Waals surface area contributed by atoms with Crippen molar-refractivity contribution >= 4 is 11.7 Å². The summed E-state index contributed by atoms with van der Waals surface area (Å²) in [4.78, 5) is 16.6. The van der Waals surface area contributed by atoms with Crippen LogP contribution in [0, 0.1) is 11.8 Å². The second-order valence-corrected chi connectivity index (χ2v) is 9.18. The Morgan fingerprint density at radius 2 is 2.13 bits per heavy atom. The largest absolute Gasteiger partial charge is 0.378 e. The molecule has 1 aliphatic carbocycles. The number of hydrogen-bond donors (Lipinski definition) is 4. The first-order valence-corrected chi connectivity index (χ1v) is 11.4. The Hall–Kier alpha value is -1.70. The molecule has 168 valence electrons. The highest BCUT2D eigenvalue weighted by atomic mass is 16.5. The van der Waals surface area contributed by atoms with Crippen LogP contribution in [0.4, 0.5) is 5.82 Å². The van der Waals surface area contributed by atoms with Gasteiger partial charge in [-0.15, -0.1) is 0 Å². The molecular weight excluding hydrogens is 382 g/mol. The summed E-state index contributed by atoms with van der Waals surface area (Å²) < 4.78 is 5.88. The molecule has 2 aliphatic rings. The lowest BCUT2D eigenvalue weighted by molar-refractivity contribution is -0.129. The van der Waals surface area contributed by atoms with Gasteiger partial charge >= 0.3 is 0 Å². The number of nitrogens with zero attached hydrogens (tertiary/aromatic N) is 1. The minimum Gasteiger partial charge on any atom is -0.378 e. The number of aromatic nitrogens is 1. The van der Waals surface area contributed by atoms with Crippen LogP contribution in [-0.2, 0) is 22.4 Å². The predicted octanol–water partition coefficient (Wildman–Crippen LogP) is 2.40. The van der Waals surface area contributed by atoms with E-state index in [-0.39, 0.29) is 17.9 Å². The van der Waals surface area contributed by atoms with Gasteiger partial charge in [0.15, 0.2) is 6.29 Å². The molecule has 2 heterocycles. The molecule has 0 spiro atoms. The van der Waals surface area contributed by atoms with Gasteiger partial charge in [-0.25, -0.2) is 4.98 Å². The maximum Gasteiger partial charge on any atom is 0.220 e. The fraction of sp³-hybridized carbons (Fsp3) is 0.739. The Morgan fingerprint density at radius 1 is 1.33 bits per heavy atom. The summed E-state index contributed by atoms with van der Waals surface area (Å²) in [7, 11) is 0. The Labute approximate surface area is 179 Å². The van der Waals surface area contributed by atoms with E-state index in [0.29, 0.717) is 25.4 Å². The van der Waals surface area contributed by atoms with Crippen LogP contribution in [-0.4, -0.2) is 52.7 Å². The van der Waals surface area contributed by atoms with E-state index in [1.54, 1.807) is 0 Å². The van der Waals surface area contributed by atoms with E-state index in [1.807, 2.05) is 13.8 Å². The zero-order chi connectivity index (χ0) is 21.5. The lowest BCUT2D eigenvalue weighted by Gasteiger charge is -2.35. The second-order valence-electron chi connectivity index (χ2n) is 9.18. The number of aryl methyl sites for hydroxylation is 2. The van der Waals surface area contributed by atoms with Crippen molar-refractivity contribution in [3.8, 4) is 0 Å². The van der Waals surface area contributed by atoms with Crippen molar-refractivity contribution in [1.29, 1.82) is 0 Å². The monoisotopic (exact) mass is 419 g/mol. The third-order valence-corrected chi connectivity index (χ3v) is 6.04. The summed E-state index contributed by atoms with van der Waals surface area (Å²) in [6.45, 7) is 5.34. The van der Waals surface area contributed by atoms with E-state index in [9.17, 15) is 15.0 Å². The van der Waals surface area contributed by atoms with Gasteiger partial charge in [-0.05, 0) is 68.4 Å². The topological polar surface area (TPSA) is 104 Å². The molecule has 1 saturated carbocycles. The molecule has 1 aliphatic heterocycles. The number of amides is 1. The Balaban J connectivity index is 1.30. The van der Waals surface area contributed by atoms with Crippen molar-refractivity contribution in [2.45, 2.75) is 83.6 Å². The van der Waals surface area contributed by atoms with E-state index in [4.69, 9.17) is 9.72 Å². The first kappa shape index (κ1) is 23.0. The molecular formula is C23H37N3O4. The number of carbonyl (C=O) groups excluding carboxylic acids is 1. The first-order chi connectivity index (χ1) is 14.4. The number of aliphatic hydroxyl groups excluding tert-OH is 1. The maximum absolute atomic E-state index is 11.9. The molecule has 7 heteroatoms. The smallest absolute Gasteiger partial charge is 0.220 e. The van der Waals surface area contributed by atoms with Crippen molar-refractivity contribution in [2.75, 3.05) is 18.5 Å². The third-order valence-electron chi connectivity index (χ3n) is 6.04.